The number of nitrogens with one attached hydrogen (secondary N) is 1. The molecule has 3 heteroatoms. The number of hydrogen-bond acceptors (Lipinski definition) is 2. The number of phenolic OH excluding ortho intramolecular Hbond substituents is 1. The molecule has 0 amide bonds. The van der Waals surface area contributed by atoms with Crippen molar-refractivity contribution in [3.63, 3.8) is 0 Å². The van der Waals surface area contributed by atoms with Gasteiger partial charge in [0.25, 0.3) is 0 Å². The maximum Gasteiger partial charge on any atom is 0.116 e. The van der Waals surface area contributed by atoms with Gasteiger partial charge in [0.05, 0.1) is 0 Å². The second-order valence-electron chi connectivity index (χ2n) is 3.35. The monoisotopic (exact) mass is 241 g/mol. The molecule has 1 saturated heterocycles. The summed E-state index contributed by atoms with van der Waals surface area (Å²) in [6, 6.07) is 5.91. The molecule has 0 radical (unpaired) electrons. The lowest BCUT2D eigenvalue weighted by atomic mass is 10.1. The Labute approximate surface area is 86.1 Å². The molecule has 0 unspecified atom stereocenters. The average Bonchev–Trinajstić information content (AvgIpc) is 2.56. The number of hydrogen-bond donors (Lipinski definition) is 2. The van der Waals surface area contributed by atoms with Crippen LogP contribution in [0.3, 0.4) is 0 Å². The highest BCUT2D eigenvalue weighted by Gasteiger charge is 2.18. The van der Waals surface area contributed by atoms with E-state index in [-0.39, 0.29) is 0 Å². The summed E-state index contributed by atoms with van der Waals surface area (Å²) in [5, 5.41) is 12.7. The molecule has 70 valence electrons. The Bertz CT molecular complexity index is 308. The molecule has 0 aromatic heterocycles. The fraction of sp³-hybridized carbons (Fsp3) is 0.400. The lowest BCUT2D eigenvalue weighted by Crippen LogP contribution is -2.13. The largest absolute Gasteiger partial charge is 0.508 e. The van der Waals surface area contributed by atoms with Crippen LogP contribution in [-0.4, -0.2) is 11.7 Å². The third-order valence-electron chi connectivity index (χ3n) is 2.42. The van der Waals surface area contributed by atoms with E-state index in [1.807, 2.05) is 6.07 Å². The molecule has 1 aromatic rings. The fourth-order valence-electron chi connectivity index (χ4n) is 1.75. The highest BCUT2D eigenvalue weighted by Crippen LogP contribution is 2.31. The topological polar surface area (TPSA) is 32.3 Å². The van der Waals surface area contributed by atoms with Crippen LogP contribution >= 0.6 is 15.9 Å². The van der Waals surface area contributed by atoms with Crippen LogP contribution in [0.1, 0.15) is 24.4 Å². The average molecular weight is 242 g/mol. The number of phenols is 1. The SMILES string of the molecule is Oc1ccc([C@@H]2CCCN2)c(Br)c1. The van der Waals surface area contributed by atoms with Crippen molar-refractivity contribution in [2.45, 2.75) is 18.9 Å². The first-order valence-electron chi connectivity index (χ1n) is 4.49. The van der Waals surface area contributed by atoms with Gasteiger partial charge >= 0.3 is 0 Å². The minimum Gasteiger partial charge on any atom is -0.508 e. The standard InChI is InChI=1S/C10H12BrNO/c11-9-6-7(13)3-4-8(9)10-2-1-5-12-10/h3-4,6,10,12-13H,1-2,5H2/t10-/m0/s1. The highest BCUT2D eigenvalue weighted by atomic mass is 79.9. The quantitative estimate of drug-likeness (QED) is 0.793. The molecular weight excluding hydrogens is 230 g/mol. The number of halogens is 1. The molecule has 0 saturated carbocycles. The molecule has 2 nitrogen and oxygen atoms in total. The van der Waals surface area contributed by atoms with Crippen molar-refractivity contribution in [3.8, 4) is 5.75 Å². The van der Waals surface area contributed by atoms with Crippen LogP contribution in [-0.2, 0) is 0 Å². The van der Waals surface area contributed by atoms with Crippen molar-refractivity contribution in [2.75, 3.05) is 6.54 Å². The van der Waals surface area contributed by atoms with Gasteiger partial charge in [-0.05, 0) is 37.1 Å². The Kier molecular flexibility index (Phi) is 2.56. The third-order valence-corrected chi connectivity index (χ3v) is 3.11. The Hall–Kier alpha value is -0.540. The van der Waals surface area contributed by atoms with Gasteiger partial charge in [-0.25, -0.2) is 0 Å². The summed E-state index contributed by atoms with van der Waals surface area (Å²) in [6.45, 7) is 1.10. The molecule has 2 N–H and O–H groups in total. The Morgan fingerprint density at radius 3 is 2.92 bits per heavy atom. The van der Waals surface area contributed by atoms with E-state index in [2.05, 4.69) is 21.2 Å². The van der Waals surface area contributed by atoms with Gasteiger partial charge in [0, 0.05) is 10.5 Å². The molecule has 1 heterocycles. The second-order valence-corrected chi connectivity index (χ2v) is 4.21. The van der Waals surface area contributed by atoms with Gasteiger partial charge in [-0.3, -0.25) is 0 Å². The molecule has 2 rings (SSSR count). The molecule has 1 atom stereocenters. The van der Waals surface area contributed by atoms with Gasteiger partial charge in [-0.15, -0.1) is 0 Å². The maximum absolute atomic E-state index is 9.23. The van der Waals surface area contributed by atoms with Crippen molar-refractivity contribution in [3.05, 3.63) is 28.2 Å². The lowest BCUT2D eigenvalue weighted by molar-refractivity contribution is 0.474. The van der Waals surface area contributed by atoms with Gasteiger partial charge < -0.3 is 10.4 Å². The molecule has 1 aliphatic heterocycles. The first kappa shape index (κ1) is 9.03. The molecule has 1 aliphatic rings. The van der Waals surface area contributed by atoms with E-state index in [1.54, 1.807) is 12.1 Å². The molecule has 1 fully saturated rings. The molecule has 13 heavy (non-hydrogen) atoms. The lowest BCUT2D eigenvalue weighted by Gasteiger charge is -2.12. The van der Waals surface area contributed by atoms with Gasteiger partial charge in [-0.1, -0.05) is 22.0 Å². The van der Waals surface area contributed by atoms with Crippen molar-refractivity contribution in [1.82, 2.24) is 5.32 Å². The minimum atomic E-state index is 0.314. The van der Waals surface area contributed by atoms with Gasteiger partial charge in [-0.2, -0.15) is 0 Å². The summed E-state index contributed by atoms with van der Waals surface area (Å²) >= 11 is 3.46. The summed E-state index contributed by atoms with van der Waals surface area (Å²) in [4.78, 5) is 0. The summed E-state index contributed by atoms with van der Waals surface area (Å²) in [6.07, 6.45) is 2.42. The molecule has 0 spiro atoms. The molecular formula is C10H12BrNO. The van der Waals surface area contributed by atoms with E-state index >= 15 is 0 Å². The first-order chi connectivity index (χ1) is 6.27. The third kappa shape index (κ3) is 1.86. The normalized spacial score (nSPS) is 22.1. The van der Waals surface area contributed by atoms with Gasteiger partial charge in [0.15, 0.2) is 0 Å². The number of aromatic hydroxyl groups is 1. The van der Waals surface area contributed by atoms with Crippen LogP contribution in [0.15, 0.2) is 22.7 Å². The van der Waals surface area contributed by atoms with E-state index in [0.717, 1.165) is 11.0 Å². The zero-order valence-electron chi connectivity index (χ0n) is 7.26. The Balaban J connectivity index is 2.29. The summed E-state index contributed by atoms with van der Waals surface area (Å²) in [5.41, 5.74) is 1.25. The van der Waals surface area contributed by atoms with E-state index in [9.17, 15) is 5.11 Å². The van der Waals surface area contributed by atoms with Crippen molar-refractivity contribution in [1.29, 1.82) is 0 Å². The Morgan fingerprint density at radius 2 is 2.31 bits per heavy atom. The minimum absolute atomic E-state index is 0.314. The van der Waals surface area contributed by atoms with Crippen LogP contribution in [0.4, 0.5) is 0 Å². The smallest absolute Gasteiger partial charge is 0.116 e. The van der Waals surface area contributed by atoms with Crippen LogP contribution in [0, 0.1) is 0 Å². The highest BCUT2D eigenvalue weighted by molar-refractivity contribution is 9.10. The summed E-state index contributed by atoms with van der Waals surface area (Å²) < 4.78 is 0.993. The maximum atomic E-state index is 9.23. The van der Waals surface area contributed by atoms with E-state index in [0.29, 0.717) is 11.8 Å². The first-order valence-corrected chi connectivity index (χ1v) is 5.28. The van der Waals surface area contributed by atoms with Gasteiger partial charge in [0.1, 0.15) is 5.75 Å². The Morgan fingerprint density at radius 1 is 1.46 bits per heavy atom. The van der Waals surface area contributed by atoms with Crippen molar-refractivity contribution in [2.24, 2.45) is 0 Å². The predicted molar refractivity (Wildman–Crippen MR) is 55.8 cm³/mol. The second kappa shape index (κ2) is 3.68. The molecule has 0 bridgehead atoms. The van der Waals surface area contributed by atoms with Crippen LogP contribution in [0.5, 0.6) is 5.75 Å². The number of rotatable bonds is 1. The van der Waals surface area contributed by atoms with E-state index in [1.165, 1.54) is 18.4 Å². The molecule has 1 aromatic carbocycles. The van der Waals surface area contributed by atoms with Crippen LogP contribution in [0.25, 0.3) is 0 Å². The fourth-order valence-corrected chi connectivity index (χ4v) is 2.39. The summed E-state index contributed by atoms with van der Waals surface area (Å²) in [7, 11) is 0. The van der Waals surface area contributed by atoms with Crippen LogP contribution < -0.4 is 5.32 Å². The summed E-state index contributed by atoms with van der Waals surface area (Å²) in [5.74, 6) is 0.314. The predicted octanol–water partition coefficient (Wildman–Crippen LogP) is 2.58. The zero-order chi connectivity index (χ0) is 9.26. The van der Waals surface area contributed by atoms with Crippen LogP contribution in [0.2, 0.25) is 0 Å². The van der Waals surface area contributed by atoms with Gasteiger partial charge in [0.2, 0.25) is 0 Å². The zero-order valence-corrected chi connectivity index (χ0v) is 8.84. The van der Waals surface area contributed by atoms with E-state index in [4.69, 9.17) is 0 Å². The van der Waals surface area contributed by atoms with Crippen molar-refractivity contribution < 1.29 is 5.11 Å². The van der Waals surface area contributed by atoms with E-state index < -0.39 is 0 Å². The van der Waals surface area contributed by atoms with Crippen molar-refractivity contribution >= 4 is 15.9 Å². The molecule has 0 aliphatic carbocycles. The number of benzene rings is 1.